The number of hydrogen-bond donors (Lipinski definition) is 2. The van der Waals surface area contributed by atoms with E-state index >= 15 is 0 Å². The summed E-state index contributed by atoms with van der Waals surface area (Å²) in [6.45, 7) is 2.05. The average Bonchev–Trinajstić information content (AvgIpc) is 2.55. The van der Waals surface area contributed by atoms with E-state index < -0.39 is 12.0 Å². The Morgan fingerprint density at radius 3 is 2.82 bits per heavy atom. The molecule has 0 fully saturated rings. The van der Waals surface area contributed by atoms with E-state index in [0.29, 0.717) is 11.5 Å². The number of hydrogen-bond acceptors (Lipinski definition) is 4. The third kappa shape index (κ3) is 3.72. The number of rotatable bonds is 6. The Morgan fingerprint density at radius 1 is 1.71 bits per heavy atom. The number of aliphatic carboxylic acids is 1. The lowest BCUT2D eigenvalue weighted by Crippen LogP contribution is -2.32. The number of nitrogens with zero attached hydrogens (tertiary/aromatic N) is 2. The highest BCUT2D eigenvalue weighted by Crippen LogP contribution is 2.25. The van der Waals surface area contributed by atoms with E-state index in [1.807, 2.05) is 18.7 Å². The van der Waals surface area contributed by atoms with E-state index in [4.69, 9.17) is 10.8 Å². The van der Waals surface area contributed by atoms with Crippen LogP contribution in [0.1, 0.15) is 18.3 Å². The molecule has 17 heavy (non-hydrogen) atoms. The van der Waals surface area contributed by atoms with Crippen molar-refractivity contribution in [2.24, 2.45) is 12.8 Å². The molecule has 0 aliphatic heterocycles. The molecule has 0 spiro atoms. The zero-order valence-corrected chi connectivity index (χ0v) is 12.2. The number of carbonyl (C=O) groups is 1. The van der Waals surface area contributed by atoms with Gasteiger partial charge in [-0.25, -0.2) is 0 Å². The van der Waals surface area contributed by atoms with Crippen LogP contribution in [0.2, 0.25) is 0 Å². The van der Waals surface area contributed by atoms with Crippen LogP contribution in [0.15, 0.2) is 4.47 Å². The van der Waals surface area contributed by atoms with Crippen molar-refractivity contribution in [3.05, 3.63) is 15.9 Å². The highest BCUT2D eigenvalue weighted by atomic mass is 79.9. The molecule has 1 rings (SSSR count). The zero-order valence-electron chi connectivity index (χ0n) is 9.81. The number of nitrogens with two attached hydrogens (primary N) is 1. The largest absolute Gasteiger partial charge is 0.480 e. The van der Waals surface area contributed by atoms with Gasteiger partial charge in [0.25, 0.3) is 0 Å². The summed E-state index contributed by atoms with van der Waals surface area (Å²) in [5, 5.41) is 13.0. The van der Waals surface area contributed by atoms with E-state index in [1.165, 1.54) is 11.8 Å². The molecule has 0 aliphatic rings. The molecule has 0 amide bonds. The van der Waals surface area contributed by atoms with Crippen LogP contribution in [0.4, 0.5) is 0 Å². The first-order valence-electron chi connectivity index (χ1n) is 5.23. The maximum Gasteiger partial charge on any atom is 0.321 e. The fourth-order valence-corrected chi connectivity index (χ4v) is 3.31. The van der Waals surface area contributed by atoms with Crippen LogP contribution in [0.5, 0.6) is 0 Å². The van der Waals surface area contributed by atoms with E-state index in [0.717, 1.165) is 22.3 Å². The van der Waals surface area contributed by atoms with Gasteiger partial charge in [0.05, 0.1) is 15.9 Å². The Balaban J connectivity index is 2.58. The summed E-state index contributed by atoms with van der Waals surface area (Å²) in [6.07, 6.45) is 0.869. The molecule has 1 atom stereocenters. The van der Waals surface area contributed by atoms with Crippen molar-refractivity contribution in [3.63, 3.8) is 0 Å². The van der Waals surface area contributed by atoms with Crippen molar-refractivity contribution < 1.29 is 9.90 Å². The van der Waals surface area contributed by atoms with Gasteiger partial charge in [-0.3, -0.25) is 9.48 Å². The van der Waals surface area contributed by atoms with Gasteiger partial charge in [-0.1, -0.05) is 6.92 Å². The second kappa shape index (κ2) is 6.42. The third-order valence-electron chi connectivity index (χ3n) is 2.36. The molecule has 1 aromatic rings. The number of carboxylic acid groups (broad SMARTS) is 1. The molecule has 0 aromatic carbocycles. The van der Waals surface area contributed by atoms with Crippen molar-refractivity contribution in [2.45, 2.75) is 25.1 Å². The monoisotopic (exact) mass is 321 g/mol. The lowest BCUT2D eigenvalue weighted by Gasteiger charge is -2.06. The maximum atomic E-state index is 10.6. The Kier molecular flexibility index (Phi) is 5.48. The third-order valence-corrected chi connectivity index (χ3v) is 4.34. The van der Waals surface area contributed by atoms with Gasteiger partial charge in [-0.2, -0.15) is 16.9 Å². The first-order chi connectivity index (χ1) is 7.97. The number of aryl methyl sites for hydroxylation is 2. The molecule has 0 saturated carbocycles. The topological polar surface area (TPSA) is 81.1 Å². The van der Waals surface area contributed by atoms with Crippen LogP contribution >= 0.6 is 27.7 Å². The maximum absolute atomic E-state index is 10.6. The highest BCUT2D eigenvalue weighted by Gasteiger charge is 2.15. The Bertz CT molecular complexity index is 409. The summed E-state index contributed by atoms with van der Waals surface area (Å²) >= 11 is 5.01. The summed E-state index contributed by atoms with van der Waals surface area (Å²) in [7, 11) is 1.89. The number of thioether (sulfide) groups is 1. The fourth-order valence-electron chi connectivity index (χ4n) is 1.33. The molecule has 0 bridgehead atoms. The zero-order chi connectivity index (χ0) is 13.0. The summed E-state index contributed by atoms with van der Waals surface area (Å²) in [5.41, 5.74) is 7.51. The second-order valence-electron chi connectivity index (χ2n) is 3.64. The minimum absolute atomic E-state index is 0.397. The molecule has 0 radical (unpaired) electrons. The summed E-state index contributed by atoms with van der Waals surface area (Å²) in [5.74, 6) is 0.134. The molecule has 3 N–H and O–H groups in total. The van der Waals surface area contributed by atoms with E-state index in [-0.39, 0.29) is 0 Å². The minimum atomic E-state index is -0.962. The Morgan fingerprint density at radius 2 is 2.35 bits per heavy atom. The van der Waals surface area contributed by atoms with Crippen molar-refractivity contribution in [1.82, 2.24) is 9.78 Å². The number of aromatic nitrogens is 2. The van der Waals surface area contributed by atoms with Crippen LogP contribution in [0.25, 0.3) is 0 Å². The fraction of sp³-hybridized carbons (Fsp3) is 0.600. The van der Waals surface area contributed by atoms with E-state index in [2.05, 4.69) is 21.0 Å². The summed E-state index contributed by atoms with van der Waals surface area (Å²) in [6, 6.07) is -0.808. The first kappa shape index (κ1) is 14.5. The minimum Gasteiger partial charge on any atom is -0.480 e. The molecular weight excluding hydrogens is 306 g/mol. The van der Waals surface area contributed by atoms with Crippen LogP contribution in [-0.4, -0.2) is 32.7 Å². The van der Waals surface area contributed by atoms with Crippen molar-refractivity contribution in [1.29, 1.82) is 0 Å². The smallest absolute Gasteiger partial charge is 0.321 e. The van der Waals surface area contributed by atoms with Crippen LogP contribution < -0.4 is 5.73 Å². The Labute approximate surface area is 113 Å². The quantitative estimate of drug-likeness (QED) is 0.827. The Hall–Kier alpha value is -0.530. The molecule has 0 unspecified atom stereocenters. The normalized spacial score (nSPS) is 12.7. The van der Waals surface area contributed by atoms with Crippen molar-refractivity contribution >= 4 is 33.7 Å². The van der Waals surface area contributed by atoms with Gasteiger partial charge in [-0.15, -0.1) is 0 Å². The van der Waals surface area contributed by atoms with Crippen LogP contribution in [0, 0.1) is 0 Å². The lowest BCUT2D eigenvalue weighted by molar-refractivity contribution is -0.137. The van der Waals surface area contributed by atoms with Gasteiger partial charge >= 0.3 is 5.97 Å². The first-order valence-corrected chi connectivity index (χ1v) is 7.18. The molecule has 96 valence electrons. The summed E-state index contributed by atoms with van der Waals surface area (Å²) in [4.78, 5) is 10.6. The molecular formula is C10H16BrN3O2S. The van der Waals surface area contributed by atoms with Gasteiger partial charge in [0, 0.05) is 18.6 Å². The van der Waals surface area contributed by atoms with E-state index in [9.17, 15) is 4.79 Å². The molecule has 1 heterocycles. The van der Waals surface area contributed by atoms with Crippen molar-refractivity contribution in [2.75, 3.05) is 5.75 Å². The van der Waals surface area contributed by atoms with Crippen LogP contribution in [0.3, 0.4) is 0 Å². The number of halogens is 1. The lowest BCUT2D eigenvalue weighted by atomic mass is 10.3. The van der Waals surface area contributed by atoms with Gasteiger partial charge in [0.1, 0.15) is 6.04 Å². The highest BCUT2D eigenvalue weighted by molar-refractivity contribution is 9.10. The molecule has 0 saturated heterocycles. The second-order valence-corrected chi connectivity index (χ2v) is 5.47. The van der Waals surface area contributed by atoms with Gasteiger partial charge in [-0.05, 0) is 22.4 Å². The SMILES string of the molecule is CCc1nn(C)c(CSC[C@H](N)C(=O)O)c1Br. The molecule has 0 aliphatic carbocycles. The van der Waals surface area contributed by atoms with Gasteiger partial charge < -0.3 is 10.8 Å². The predicted octanol–water partition coefficient (Wildman–Crippen LogP) is 1.39. The van der Waals surface area contributed by atoms with E-state index in [1.54, 1.807) is 0 Å². The summed E-state index contributed by atoms with van der Waals surface area (Å²) < 4.78 is 2.83. The van der Waals surface area contributed by atoms with Crippen LogP contribution in [-0.2, 0) is 24.0 Å². The molecule has 7 heteroatoms. The molecule has 1 aromatic heterocycles. The number of carboxylic acids is 1. The predicted molar refractivity (Wildman–Crippen MR) is 72.1 cm³/mol. The van der Waals surface area contributed by atoms with Gasteiger partial charge in [0.2, 0.25) is 0 Å². The standard InChI is InChI=1S/C10H16BrN3O2S/c1-3-7-9(11)8(14(2)13-7)5-17-4-6(12)10(15)16/h6H,3-5,12H2,1-2H3,(H,15,16)/t6-/m0/s1. The molecule has 5 nitrogen and oxygen atoms in total. The van der Waals surface area contributed by atoms with Crippen molar-refractivity contribution in [3.8, 4) is 0 Å². The average molecular weight is 322 g/mol. The van der Waals surface area contributed by atoms with Gasteiger partial charge in [0.15, 0.2) is 0 Å².